The molecule has 1 aliphatic heterocycles. The first kappa shape index (κ1) is 19.4. The van der Waals surface area contributed by atoms with Crippen molar-refractivity contribution in [1.82, 2.24) is 10.2 Å². The zero-order chi connectivity index (χ0) is 19.3. The summed E-state index contributed by atoms with van der Waals surface area (Å²) >= 11 is 0. The predicted octanol–water partition coefficient (Wildman–Crippen LogP) is 0.805. The van der Waals surface area contributed by atoms with E-state index < -0.39 is 35.7 Å². The Labute approximate surface area is 149 Å². The molecule has 140 valence electrons. The summed E-state index contributed by atoms with van der Waals surface area (Å²) in [5, 5.41) is 1.84. The molecule has 1 fully saturated rings. The van der Waals surface area contributed by atoms with Gasteiger partial charge >= 0.3 is 12.0 Å². The average Bonchev–Trinajstić information content (AvgIpc) is 2.61. The summed E-state index contributed by atoms with van der Waals surface area (Å²) in [5.74, 6) is -2.46. The number of esters is 1. The van der Waals surface area contributed by atoms with Crippen molar-refractivity contribution in [3.63, 3.8) is 0 Å². The summed E-state index contributed by atoms with van der Waals surface area (Å²) in [6.07, 6.45) is -0.375. The lowest BCUT2D eigenvalue weighted by Crippen LogP contribution is -2.44. The molecule has 0 aromatic heterocycles. The lowest BCUT2D eigenvalue weighted by molar-refractivity contribution is -0.159. The smallest absolute Gasteiger partial charge is 0.318 e. The minimum Gasteiger partial charge on any atom is -0.452 e. The molecule has 1 aliphatic rings. The third-order valence-electron chi connectivity index (χ3n) is 4.12. The number of primary amides is 1. The molecule has 1 atom stereocenters. The molecule has 1 heterocycles. The lowest BCUT2D eigenvalue weighted by atomic mass is 9.96. The fraction of sp³-hybridized carbons (Fsp3) is 0.412. The van der Waals surface area contributed by atoms with E-state index in [2.05, 4.69) is 0 Å². The predicted molar refractivity (Wildman–Crippen MR) is 88.3 cm³/mol. The maximum atomic E-state index is 12.9. The van der Waals surface area contributed by atoms with Crippen LogP contribution >= 0.6 is 0 Å². The van der Waals surface area contributed by atoms with Crippen LogP contribution in [0.3, 0.4) is 0 Å². The number of piperidine rings is 1. The van der Waals surface area contributed by atoms with Gasteiger partial charge in [-0.15, -0.1) is 0 Å². The van der Waals surface area contributed by atoms with Crippen LogP contribution in [0.4, 0.5) is 9.18 Å². The van der Waals surface area contributed by atoms with Crippen molar-refractivity contribution < 1.29 is 28.3 Å². The van der Waals surface area contributed by atoms with Gasteiger partial charge in [-0.1, -0.05) is 0 Å². The van der Waals surface area contributed by atoms with Gasteiger partial charge in [-0.05, 0) is 44.0 Å². The molecule has 0 spiro atoms. The van der Waals surface area contributed by atoms with Gasteiger partial charge in [0.2, 0.25) is 0 Å². The van der Waals surface area contributed by atoms with E-state index in [1.54, 1.807) is 4.90 Å². The van der Waals surface area contributed by atoms with E-state index in [-0.39, 0.29) is 5.91 Å². The SMILES string of the molecule is CC(OC(=O)C1CCN(C(=O)c2ccc(F)cc2)CC1)C(=O)NC(N)=O. The van der Waals surface area contributed by atoms with E-state index in [9.17, 15) is 23.6 Å². The Morgan fingerprint density at radius 2 is 1.77 bits per heavy atom. The molecule has 0 radical (unpaired) electrons. The van der Waals surface area contributed by atoms with Gasteiger partial charge in [0.15, 0.2) is 6.10 Å². The molecular formula is C17H20FN3O5. The third kappa shape index (κ3) is 5.01. The largest absolute Gasteiger partial charge is 0.452 e. The first-order valence-electron chi connectivity index (χ1n) is 8.13. The first-order chi connectivity index (χ1) is 12.3. The van der Waals surface area contributed by atoms with Gasteiger partial charge in [0.05, 0.1) is 5.92 Å². The maximum Gasteiger partial charge on any atom is 0.318 e. The van der Waals surface area contributed by atoms with E-state index in [1.165, 1.54) is 31.2 Å². The highest BCUT2D eigenvalue weighted by molar-refractivity contribution is 5.96. The highest BCUT2D eigenvalue weighted by Crippen LogP contribution is 2.21. The van der Waals surface area contributed by atoms with Crippen LogP contribution in [0.5, 0.6) is 0 Å². The Hall–Kier alpha value is -2.97. The number of amides is 4. The van der Waals surface area contributed by atoms with Crippen LogP contribution in [0.25, 0.3) is 0 Å². The quantitative estimate of drug-likeness (QED) is 0.765. The summed E-state index contributed by atoms with van der Waals surface area (Å²) in [4.78, 5) is 48.2. The number of hydrogen-bond acceptors (Lipinski definition) is 5. The second-order valence-electron chi connectivity index (χ2n) is 6.01. The second-order valence-corrected chi connectivity index (χ2v) is 6.01. The number of nitrogens with two attached hydrogens (primary N) is 1. The second kappa shape index (κ2) is 8.41. The van der Waals surface area contributed by atoms with Crippen LogP contribution in [-0.4, -0.2) is 47.9 Å². The maximum absolute atomic E-state index is 12.9. The summed E-state index contributed by atoms with van der Waals surface area (Å²) in [6.45, 7) is 2.03. The number of nitrogens with zero attached hydrogens (tertiary/aromatic N) is 1. The highest BCUT2D eigenvalue weighted by atomic mass is 19.1. The van der Waals surface area contributed by atoms with Crippen molar-refractivity contribution in [2.24, 2.45) is 11.7 Å². The van der Waals surface area contributed by atoms with Crippen LogP contribution < -0.4 is 11.1 Å². The third-order valence-corrected chi connectivity index (χ3v) is 4.12. The number of urea groups is 1. The Balaban J connectivity index is 1.84. The zero-order valence-corrected chi connectivity index (χ0v) is 14.2. The number of ether oxygens (including phenoxy) is 1. The van der Waals surface area contributed by atoms with Crippen molar-refractivity contribution in [2.75, 3.05) is 13.1 Å². The number of benzene rings is 1. The molecule has 2 rings (SSSR count). The molecule has 0 aliphatic carbocycles. The average molecular weight is 365 g/mol. The fourth-order valence-corrected chi connectivity index (χ4v) is 2.64. The number of likely N-dealkylation sites (tertiary alicyclic amines) is 1. The van der Waals surface area contributed by atoms with Gasteiger partial charge in [-0.3, -0.25) is 19.7 Å². The number of rotatable bonds is 4. The zero-order valence-electron chi connectivity index (χ0n) is 14.2. The summed E-state index contributed by atoms with van der Waals surface area (Å²) < 4.78 is 18.0. The standard InChI is InChI=1S/C17H20FN3O5/c1-10(14(22)20-17(19)25)26-16(24)12-6-8-21(9-7-12)15(23)11-2-4-13(18)5-3-11/h2-5,10,12H,6-9H2,1H3,(H3,19,20,22,25). The Morgan fingerprint density at radius 1 is 1.19 bits per heavy atom. The van der Waals surface area contributed by atoms with Crippen LogP contribution in [-0.2, 0) is 14.3 Å². The molecule has 26 heavy (non-hydrogen) atoms. The Kier molecular flexibility index (Phi) is 6.26. The van der Waals surface area contributed by atoms with Gasteiger partial charge in [0.1, 0.15) is 5.82 Å². The molecule has 9 heteroatoms. The van der Waals surface area contributed by atoms with Crippen molar-refractivity contribution in [1.29, 1.82) is 0 Å². The number of carbonyl (C=O) groups is 4. The molecular weight excluding hydrogens is 345 g/mol. The van der Waals surface area contributed by atoms with Gasteiger partial charge in [-0.2, -0.15) is 0 Å². The molecule has 1 aromatic rings. The van der Waals surface area contributed by atoms with Crippen LogP contribution in [0.15, 0.2) is 24.3 Å². The molecule has 3 N–H and O–H groups in total. The van der Waals surface area contributed by atoms with E-state index in [1.807, 2.05) is 5.32 Å². The number of halogens is 1. The minimum absolute atomic E-state index is 0.231. The van der Waals surface area contributed by atoms with Crippen LogP contribution in [0.1, 0.15) is 30.1 Å². The minimum atomic E-state index is -1.14. The molecule has 1 saturated heterocycles. The van der Waals surface area contributed by atoms with Crippen molar-refractivity contribution in [3.8, 4) is 0 Å². The topological polar surface area (TPSA) is 119 Å². The van der Waals surface area contributed by atoms with E-state index in [0.29, 0.717) is 31.5 Å². The van der Waals surface area contributed by atoms with Gasteiger partial charge < -0.3 is 15.4 Å². The summed E-state index contributed by atoms with van der Waals surface area (Å²) in [6, 6.07) is 4.24. The lowest BCUT2D eigenvalue weighted by Gasteiger charge is -2.31. The number of hydrogen-bond donors (Lipinski definition) is 2. The number of imide groups is 1. The van der Waals surface area contributed by atoms with Crippen LogP contribution in [0.2, 0.25) is 0 Å². The van der Waals surface area contributed by atoms with Gasteiger partial charge in [0.25, 0.3) is 11.8 Å². The highest BCUT2D eigenvalue weighted by Gasteiger charge is 2.30. The monoisotopic (exact) mass is 365 g/mol. The van der Waals surface area contributed by atoms with E-state index in [4.69, 9.17) is 10.5 Å². The molecule has 4 amide bonds. The van der Waals surface area contributed by atoms with Gasteiger partial charge in [0, 0.05) is 18.7 Å². The van der Waals surface area contributed by atoms with Crippen molar-refractivity contribution in [3.05, 3.63) is 35.6 Å². The normalized spacial score (nSPS) is 15.8. The summed E-state index contributed by atoms with van der Waals surface area (Å²) in [7, 11) is 0. The van der Waals surface area contributed by atoms with Gasteiger partial charge in [-0.25, -0.2) is 9.18 Å². The Bertz CT molecular complexity index is 699. The van der Waals surface area contributed by atoms with E-state index in [0.717, 1.165) is 0 Å². The van der Waals surface area contributed by atoms with Crippen molar-refractivity contribution >= 4 is 23.8 Å². The summed E-state index contributed by atoms with van der Waals surface area (Å²) in [5.41, 5.74) is 5.21. The number of carbonyl (C=O) groups excluding carboxylic acids is 4. The van der Waals surface area contributed by atoms with Crippen LogP contribution in [0, 0.1) is 11.7 Å². The molecule has 0 saturated carbocycles. The first-order valence-corrected chi connectivity index (χ1v) is 8.13. The Morgan fingerprint density at radius 3 is 2.31 bits per heavy atom. The van der Waals surface area contributed by atoms with Crippen molar-refractivity contribution in [2.45, 2.75) is 25.9 Å². The molecule has 1 unspecified atom stereocenters. The molecule has 8 nitrogen and oxygen atoms in total. The van der Waals surface area contributed by atoms with E-state index >= 15 is 0 Å². The molecule has 1 aromatic carbocycles. The number of nitrogens with one attached hydrogen (secondary N) is 1. The fourth-order valence-electron chi connectivity index (χ4n) is 2.64. The molecule has 0 bridgehead atoms.